The lowest BCUT2D eigenvalue weighted by atomic mass is 9.92. The normalized spacial score (nSPS) is 12.5. The topological polar surface area (TPSA) is 41.8 Å². The van der Waals surface area contributed by atoms with E-state index in [1.807, 2.05) is 6.07 Å². The fourth-order valence-corrected chi connectivity index (χ4v) is 1.42. The Bertz CT molecular complexity index is 290. The maximum atomic E-state index is 5.93. The molecule has 0 amide bonds. The summed E-state index contributed by atoms with van der Waals surface area (Å²) >= 11 is 0. The molecule has 0 atom stereocenters. The van der Waals surface area contributed by atoms with Crippen LogP contribution in [0, 0.1) is 0 Å². The number of hydrogen-bond donors (Lipinski definition) is 2. The zero-order chi connectivity index (χ0) is 10.2. The molecule has 13 heavy (non-hydrogen) atoms. The van der Waals surface area contributed by atoms with E-state index in [0.717, 1.165) is 11.4 Å². The first kappa shape index (κ1) is 10.2. The third kappa shape index (κ3) is 2.06. The quantitative estimate of drug-likeness (QED) is 0.685. The molecule has 0 spiro atoms. The fraction of sp³-hybridized carbons (Fsp3) is 0.636. The van der Waals surface area contributed by atoms with Crippen LogP contribution in [-0.4, -0.2) is 4.98 Å². The molecule has 2 heteroatoms. The van der Waals surface area contributed by atoms with Crippen molar-refractivity contribution in [3.05, 3.63) is 17.5 Å². The number of H-pyrrole nitrogens is 1. The molecule has 0 radical (unpaired) electrons. The molecule has 0 bridgehead atoms. The Kier molecular flexibility index (Phi) is 2.42. The van der Waals surface area contributed by atoms with Gasteiger partial charge < -0.3 is 10.7 Å². The van der Waals surface area contributed by atoms with Gasteiger partial charge in [0.1, 0.15) is 0 Å². The Hall–Kier alpha value is -0.920. The minimum absolute atomic E-state index is 0.108. The number of aromatic amines is 1. The molecule has 1 aromatic rings. The van der Waals surface area contributed by atoms with Crippen molar-refractivity contribution in [1.82, 2.24) is 4.98 Å². The van der Waals surface area contributed by atoms with Crippen LogP contribution in [0.15, 0.2) is 6.07 Å². The van der Waals surface area contributed by atoms with Crippen molar-refractivity contribution in [3.63, 3.8) is 0 Å². The molecule has 1 aromatic heterocycles. The Balaban J connectivity index is 3.11. The lowest BCUT2D eigenvalue weighted by molar-refractivity contribution is 0.571. The van der Waals surface area contributed by atoms with Crippen LogP contribution in [0.1, 0.15) is 51.9 Å². The van der Waals surface area contributed by atoms with Gasteiger partial charge in [0.2, 0.25) is 0 Å². The molecule has 0 aliphatic rings. The Morgan fingerprint density at radius 1 is 1.31 bits per heavy atom. The molecule has 1 heterocycles. The summed E-state index contributed by atoms with van der Waals surface area (Å²) in [5.41, 5.74) is 9.30. The number of rotatable bonds is 1. The summed E-state index contributed by atoms with van der Waals surface area (Å²) < 4.78 is 0. The van der Waals surface area contributed by atoms with Gasteiger partial charge >= 0.3 is 0 Å². The van der Waals surface area contributed by atoms with Gasteiger partial charge in [0.05, 0.1) is 5.69 Å². The van der Waals surface area contributed by atoms with E-state index in [-0.39, 0.29) is 5.41 Å². The lowest BCUT2D eigenvalue weighted by Crippen LogP contribution is -2.13. The van der Waals surface area contributed by atoms with E-state index >= 15 is 0 Å². The van der Waals surface area contributed by atoms with Gasteiger partial charge in [0, 0.05) is 16.8 Å². The summed E-state index contributed by atoms with van der Waals surface area (Å²) in [6.07, 6.45) is 0. The second-order valence-corrected chi connectivity index (χ2v) is 4.96. The first-order valence-corrected chi connectivity index (χ1v) is 4.81. The average Bonchev–Trinajstić information content (AvgIpc) is 2.29. The van der Waals surface area contributed by atoms with Crippen LogP contribution in [-0.2, 0) is 5.41 Å². The predicted molar refractivity (Wildman–Crippen MR) is 58.0 cm³/mol. The largest absolute Gasteiger partial charge is 0.397 e. The van der Waals surface area contributed by atoms with E-state index in [0.29, 0.717) is 5.92 Å². The minimum Gasteiger partial charge on any atom is -0.397 e. The molecule has 0 fully saturated rings. The van der Waals surface area contributed by atoms with Crippen molar-refractivity contribution < 1.29 is 0 Å². The van der Waals surface area contributed by atoms with Crippen LogP contribution < -0.4 is 5.73 Å². The number of nitrogens with one attached hydrogen (secondary N) is 1. The van der Waals surface area contributed by atoms with Crippen molar-refractivity contribution in [2.24, 2.45) is 0 Å². The van der Waals surface area contributed by atoms with Crippen molar-refractivity contribution in [2.45, 2.75) is 46.0 Å². The number of nitrogen functional groups attached to an aromatic ring is 1. The Morgan fingerprint density at radius 2 is 1.85 bits per heavy atom. The van der Waals surface area contributed by atoms with Crippen LogP contribution in [0.4, 0.5) is 5.69 Å². The van der Waals surface area contributed by atoms with Crippen LogP contribution in [0.5, 0.6) is 0 Å². The molecular weight excluding hydrogens is 160 g/mol. The highest BCUT2D eigenvalue weighted by Crippen LogP contribution is 2.29. The van der Waals surface area contributed by atoms with E-state index in [1.165, 1.54) is 5.69 Å². The van der Waals surface area contributed by atoms with Crippen LogP contribution in [0.3, 0.4) is 0 Å². The molecule has 2 nitrogen and oxygen atoms in total. The van der Waals surface area contributed by atoms with Crippen molar-refractivity contribution in [1.29, 1.82) is 0 Å². The third-order valence-corrected chi connectivity index (χ3v) is 2.24. The SMILES string of the molecule is CC(C)c1cc(N)c(C(C)(C)C)[nH]1. The van der Waals surface area contributed by atoms with Crippen LogP contribution >= 0.6 is 0 Å². The smallest absolute Gasteiger partial charge is 0.0533 e. The second-order valence-electron chi connectivity index (χ2n) is 4.96. The van der Waals surface area contributed by atoms with E-state index in [2.05, 4.69) is 39.6 Å². The first-order valence-electron chi connectivity index (χ1n) is 4.81. The lowest BCUT2D eigenvalue weighted by Gasteiger charge is -2.17. The van der Waals surface area contributed by atoms with Crippen molar-refractivity contribution >= 4 is 5.69 Å². The summed E-state index contributed by atoms with van der Waals surface area (Å²) in [7, 11) is 0. The van der Waals surface area contributed by atoms with Crippen molar-refractivity contribution in [3.8, 4) is 0 Å². The maximum Gasteiger partial charge on any atom is 0.0533 e. The number of hydrogen-bond acceptors (Lipinski definition) is 1. The second kappa shape index (κ2) is 3.09. The maximum absolute atomic E-state index is 5.93. The summed E-state index contributed by atoms with van der Waals surface area (Å²) in [5.74, 6) is 0.512. The van der Waals surface area contributed by atoms with Gasteiger partial charge in [-0.05, 0) is 12.0 Å². The van der Waals surface area contributed by atoms with E-state index in [1.54, 1.807) is 0 Å². The van der Waals surface area contributed by atoms with E-state index in [4.69, 9.17) is 5.73 Å². The van der Waals surface area contributed by atoms with Gasteiger partial charge in [-0.3, -0.25) is 0 Å². The molecular formula is C11H20N2. The van der Waals surface area contributed by atoms with E-state index in [9.17, 15) is 0 Å². The standard InChI is InChI=1S/C11H20N2/c1-7(2)9-6-8(12)10(13-9)11(3,4)5/h6-7,13H,12H2,1-5H3. The average molecular weight is 180 g/mol. The molecule has 1 rings (SSSR count). The Labute approximate surface area is 80.5 Å². The van der Waals surface area contributed by atoms with Crippen LogP contribution in [0.2, 0.25) is 0 Å². The zero-order valence-corrected chi connectivity index (χ0v) is 9.23. The zero-order valence-electron chi connectivity index (χ0n) is 9.23. The molecule has 0 aromatic carbocycles. The number of aromatic nitrogens is 1. The number of nitrogens with two attached hydrogens (primary N) is 1. The van der Waals surface area contributed by atoms with Crippen molar-refractivity contribution in [2.75, 3.05) is 5.73 Å². The fourth-order valence-electron chi connectivity index (χ4n) is 1.42. The van der Waals surface area contributed by atoms with Gasteiger partial charge in [0.25, 0.3) is 0 Å². The predicted octanol–water partition coefficient (Wildman–Crippen LogP) is 3.02. The first-order chi connectivity index (χ1) is 5.82. The summed E-state index contributed by atoms with van der Waals surface area (Å²) in [5, 5.41) is 0. The molecule has 0 unspecified atom stereocenters. The minimum atomic E-state index is 0.108. The molecule has 0 aliphatic carbocycles. The third-order valence-electron chi connectivity index (χ3n) is 2.24. The molecule has 0 aliphatic heterocycles. The molecule has 0 saturated carbocycles. The van der Waals surface area contributed by atoms with Gasteiger partial charge in [0.15, 0.2) is 0 Å². The highest BCUT2D eigenvalue weighted by molar-refractivity contribution is 5.49. The van der Waals surface area contributed by atoms with Crippen LogP contribution in [0.25, 0.3) is 0 Å². The summed E-state index contributed by atoms with van der Waals surface area (Å²) in [6.45, 7) is 10.8. The van der Waals surface area contributed by atoms with Gasteiger partial charge in [-0.2, -0.15) is 0 Å². The number of anilines is 1. The summed E-state index contributed by atoms with van der Waals surface area (Å²) in [4.78, 5) is 3.40. The molecule has 0 saturated heterocycles. The Morgan fingerprint density at radius 3 is 2.08 bits per heavy atom. The highest BCUT2D eigenvalue weighted by Gasteiger charge is 2.20. The van der Waals surface area contributed by atoms with Gasteiger partial charge in [-0.15, -0.1) is 0 Å². The molecule has 74 valence electrons. The monoisotopic (exact) mass is 180 g/mol. The highest BCUT2D eigenvalue weighted by atomic mass is 14.8. The van der Waals surface area contributed by atoms with E-state index < -0.39 is 0 Å². The van der Waals surface area contributed by atoms with Gasteiger partial charge in [-0.1, -0.05) is 34.6 Å². The van der Waals surface area contributed by atoms with Gasteiger partial charge in [-0.25, -0.2) is 0 Å². The summed E-state index contributed by atoms with van der Waals surface area (Å²) in [6, 6.07) is 2.05. The molecule has 3 N–H and O–H groups in total.